The smallest absolute Gasteiger partial charge is 0.263 e. The van der Waals surface area contributed by atoms with Gasteiger partial charge in [-0.15, -0.1) is 11.3 Å². The van der Waals surface area contributed by atoms with Gasteiger partial charge in [-0.1, -0.05) is 36.0 Å². The van der Waals surface area contributed by atoms with Crippen LogP contribution in [0.3, 0.4) is 0 Å². The molecule has 27 heavy (non-hydrogen) atoms. The lowest BCUT2D eigenvalue weighted by atomic mass is 10.1. The molecule has 0 aliphatic carbocycles. The number of carbonyl (C=O) groups is 2. The van der Waals surface area contributed by atoms with Crippen molar-refractivity contribution in [3.05, 3.63) is 51.7 Å². The number of thiophene rings is 1. The van der Waals surface area contributed by atoms with Gasteiger partial charge >= 0.3 is 0 Å². The first-order valence-corrected chi connectivity index (χ1v) is 10.2. The number of nitrogens with zero attached hydrogens (tertiary/aromatic N) is 3. The van der Waals surface area contributed by atoms with Gasteiger partial charge in [-0.2, -0.15) is 10.1 Å². The number of nitrogens with one attached hydrogen (secondary N) is 1. The molecule has 6 nitrogen and oxygen atoms in total. The highest BCUT2D eigenvalue weighted by molar-refractivity contribution is 8.15. The summed E-state index contributed by atoms with van der Waals surface area (Å²) in [6.45, 7) is 3.89. The van der Waals surface area contributed by atoms with Crippen LogP contribution < -0.4 is 5.32 Å². The van der Waals surface area contributed by atoms with Crippen molar-refractivity contribution in [2.24, 2.45) is 10.1 Å². The normalized spacial score (nSPS) is 18.6. The summed E-state index contributed by atoms with van der Waals surface area (Å²) >= 11 is 2.80. The number of aryl methyl sites for hydroxylation is 2. The fourth-order valence-electron chi connectivity index (χ4n) is 2.69. The molecular formula is C19H20N4O2S2. The minimum Gasteiger partial charge on any atom is -0.326 e. The lowest BCUT2D eigenvalue weighted by Crippen LogP contribution is -2.30. The van der Waals surface area contributed by atoms with Gasteiger partial charge in [-0.25, -0.2) is 0 Å². The number of hydrazone groups is 1. The number of thioether (sulfide) groups is 1. The Morgan fingerprint density at radius 3 is 2.63 bits per heavy atom. The van der Waals surface area contributed by atoms with E-state index in [1.807, 2.05) is 49.6 Å². The molecule has 1 N–H and O–H groups in total. The van der Waals surface area contributed by atoms with Gasteiger partial charge in [-0.05, 0) is 36.4 Å². The third-order valence-electron chi connectivity index (χ3n) is 4.06. The van der Waals surface area contributed by atoms with E-state index >= 15 is 0 Å². The SMILES string of the molecule is CN=C1SC(CC(=O)Nc2c(C)cccc2C)C(=O)N1/N=C\c1cccs1. The molecule has 8 heteroatoms. The first-order valence-electron chi connectivity index (χ1n) is 8.40. The molecule has 0 saturated carbocycles. The number of hydrogen-bond acceptors (Lipinski definition) is 6. The molecule has 0 radical (unpaired) electrons. The Morgan fingerprint density at radius 2 is 2.00 bits per heavy atom. The largest absolute Gasteiger partial charge is 0.326 e. The predicted octanol–water partition coefficient (Wildman–Crippen LogP) is 3.66. The lowest BCUT2D eigenvalue weighted by molar-refractivity contribution is -0.128. The van der Waals surface area contributed by atoms with Gasteiger partial charge in [0.15, 0.2) is 5.17 Å². The summed E-state index contributed by atoms with van der Waals surface area (Å²) < 4.78 is 0. The Hall–Kier alpha value is -2.45. The number of rotatable bonds is 5. The molecule has 1 saturated heterocycles. The molecule has 0 bridgehead atoms. The molecule has 1 unspecified atom stereocenters. The summed E-state index contributed by atoms with van der Waals surface area (Å²) in [5.41, 5.74) is 2.79. The molecule has 140 valence electrons. The maximum atomic E-state index is 12.7. The lowest BCUT2D eigenvalue weighted by Gasteiger charge is -2.12. The number of para-hydroxylation sites is 1. The number of aliphatic imine (C=N–C) groups is 1. The molecule has 2 amide bonds. The third kappa shape index (κ3) is 4.45. The first-order chi connectivity index (χ1) is 13.0. The number of anilines is 1. The molecular weight excluding hydrogens is 380 g/mol. The third-order valence-corrected chi connectivity index (χ3v) is 6.09. The molecule has 3 rings (SSSR count). The molecule has 1 fully saturated rings. The van der Waals surface area contributed by atoms with Crippen molar-refractivity contribution < 1.29 is 9.59 Å². The van der Waals surface area contributed by atoms with Crippen LogP contribution in [0.2, 0.25) is 0 Å². The second kappa shape index (κ2) is 8.49. The number of benzene rings is 1. The van der Waals surface area contributed by atoms with Crippen LogP contribution in [0.4, 0.5) is 5.69 Å². The van der Waals surface area contributed by atoms with Crippen molar-refractivity contribution in [1.29, 1.82) is 0 Å². The Morgan fingerprint density at radius 1 is 1.26 bits per heavy atom. The highest BCUT2D eigenvalue weighted by Crippen LogP contribution is 2.30. The van der Waals surface area contributed by atoms with Gasteiger partial charge in [0, 0.05) is 24.0 Å². The van der Waals surface area contributed by atoms with Gasteiger partial charge in [0.2, 0.25) is 5.91 Å². The zero-order valence-electron chi connectivity index (χ0n) is 15.3. The zero-order valence-corrected chi connectivity index (χ0v) is 16.9. The average Bonchev–Trinajstić information content (AvgIpc) is 3.25. The van der Waals surface area contributed by atoms with E-state index in [-0.39, 0.29) is 18.2 Å². The summed E-state index contributed by atoms with van der Waals surface area (Å²) in [7, 11) is 1.61. The van der Waals surface area contributed by atoms with E-state index in [0.717, 1.165) is 21.7 Å². The van der Waals surface area contributed by atoms with Crippen molar-refractivity contribution in [3.63, 3.8) is 0 Å². The van der Waals surface area contributed by atoms with Crippen LogP contribution in [0.1, 0.15) is 22.4 Å². The maximum absolute atomic E-state index is 12.7. The van der Waals surface area contributed by atoms with E-state index in [1.165, 1.54) is 28.1 Å². The van der Waals surface area contributed by atoms with Crippen molar-refractivity contribution >= 4 is 52.0 Å². The second-order valence-corrected chi connectivity index (χ2v) is 8.19. The topological polar surface area (TPSA) is 74.1 Å². The van der Waals surface area contributed by atoms with E-state index in [9.17, 15) is 9.59 Å². The van der Waals surface area contributed by atoms with Gasteiger partial charge in [0.25, 0.3) is 5.91 Å². The number of amides is 2. The molecule has 0 spiro atoms. The van der Waals surface area contributed by atoms with Crippen molar-refractivity contribution in [2.45, 2.75) is 25.5 Å². The standard InChI is InChI=1S/C19H20N4O2S2/c1-12-6-4-7-13(2)17(12)22-16(24)10-15-18(25)23(19(20-3)27-15)21-11-14-8-5-9-26-14/h4-9,11,15H,10H2,1-3H3,(H,22,24)/b20-19?,21-11-. The van der Waals surface area contributed by atoms with Crippen LogP contribution in [0, 0.1) is 13.8 Å². The highest BCUT2D eigenvalue weighted by atomic mass is 32.2. The van der Waals surface area contributed by atoms with Gasteiger partial charge < -0.3 is 5.32 Å². The predicted molar refractivity (Wildman–Crippen MR) is 113 cm³/mol. The Kier molecular flexibility index (Phi) is 6.08. The average molecular weight is 401 g/mol. The van der Waals surface area contributed by atoms with E-state index in [0.29, 0.717) is 5.17 Å². The summed E-state index contributed by atoms with van der Waals surface area (Å²) in [6.07, 6.45) is 1.70. The van der Waals surface area contributed by atoms with E-state index in [2.05, 4.69) is 15.4 Å². The van der Waals surface area contributed by atoms with Crippen molar-refractivity contribution in [1.82, 2.24) is 5.01 Å². The minimum absolute atomic E-state index is 0.0708. The Balaban J connectivity index is 1.68. The molecule has 1 aliphatic rings. The van der Waals surface area contributed by atoms with Gasteiger partial charge in [-0.3, -0.25) is 14.6 Å². The van der Waals surface area contributed by atoms with Crippen LogP contribution in [0.5, 0.6) is 0 Å². The molecule has 1 aliphatic heterocycles. The van der Waals surface area contributed by atoms with Crippen molar-refractivity contribution in [3.8, 4) is 0 Å². The first kappa shape index (κ1) is 19.3. The highest BCUT2D eigenvalue weighted by Gasteiger charge is 2.39. The van der Waals surface area contributed by atoms with Crippen LogP contribution in [0.15, 0.2) is 45.8 Å². The van der Waals surface area contributed by atoms with Crippen LogP contribution in [0.25, 0.3) is 0 Å². The van der Waals surface area contributed by atoms with E-state index < -0.39 is 5.25 Å². The van der Waals surface area contributed by atoms with E-state index in [4.69, 9.17) is 0 Å². The molecule has 2 aromatic rings. The van der Waals surface area contributed by atoms with Crippen LogP contribution in [-0.2, 0) is 9.59 Å². The van der Waals surface area contributed by atoms with Gasteiger partial charge in [0.05, 0.1) is 6.21 Å². The van der Waals surface area contributed by atoms with Gasteiger partial charge in [0.1, 0.15) is 5.25 Å². The number of amidine groups is 1. The Bertz CT molecular complexity index is 886. The number of carbonyl (C=O) groups excluding carboxylic acids is 2. The fraction of sp³-hybridized carbons (Fsp3) is 0.263. The zero-order chi connectivity index (χ0) is 19.4. The molecule has 2 heterocycles. The minimum atomic E-state index is -0.534. The van der Waals surface area contributed by atoms with Crippen molar-refractivity contribution in [2.75, 3.05) is 12.4 Å². The molecule has 1 aromatic heterocycles. The maximum Gasteiger partial charge on any atom is 0.263 e. The quantitative estimate of drug-likeness (QED) is 0.779. The fourth-order valence-corrected chi connectivity index (χ4v) is 4.30. The summed E-state index contributed by atoms with van der Waals surface area (Å²) in [5, 5.41) is 10.4. The second-order valence-electron chi connectivity index (χ2n) is 6.04. The summed E-state index contributed by atoms with van der Waals surface area (Å²) in [4.78, 5) is 30.3. The summed E-state index contributed by atoms with van der Waals surface area (Å²) in [6, 6.07) is 9.67. The van der Waals surface area contributed by atoms with E-state index in [1.54, 1.807) is 13.3 Å². The molecule has 1 aromatic carbocycles. The van der Waals surface area contributed by atoms with Crippen LogP contribution in [-0.4, -0.2) is 40.5 Å². The monoisotopic (exact) mass is 400 g/mol. The van der Waals surface area contributed by atoms with Crippen LogP contribution >= 0.6 is 23.1 Å². The summed E-state index contributed by atoms with van der Waals surface area (Å²) in [5.74, 6) is -0.428. The molecule has 1 atom stereocenters. The Labute approximate surface area is 166 Å². The number of hydrogen-bond donors (Lipinski definition) is 1.